The zero-order valence-electron chi connectivity index (χ0n) is 9.96. The van der Waals surface area contributed by atoms with Crippen LogP contribution in [0.4, 0.5) is 13.2 Å². The van der Waals surface area contributed by atoms with Crippen LogP contribution in [0.2, 0.25) is 0 Å². The fourth-order valence-corrected chi connectivity index (χ4v) is 1.95. The van der Waals surface area contributed by atoms with Gasteiger partial charge in [0.15, 0.2) is 11.6 Å². The third-order valence-corrected chi connectivity index (χ3v) is 3.25. The number of rotatable bonds is 3. The van der Waals surface area contributed by atoms with Crippen LogP contribution >= 0.6 is 15.9 Å². The van der Waals surface area contributed by atoms with Gasteiger partial charge in [0.25, 0.3) is 5.92 Å². The lowest BCUT2D eigenvalue weighted by atomic mass is 10.00. The van der Waals surface area contributed by atoms with Crippen LogP contribution in [0.25, 0.3) is 0 Å². The van der Waals surface area contributed by atoms with Crippen molar-refractivity contribution in [2.45, 2.75) is 5.92 Å². The van der Waals surface area contributed by atoms with Crippen LogP contribution in [0.5, 0.6) is 5.75 Å². The summed E-state index contributed by atoms with van der Waals surface area (Å²) in [7, 11) is 1.24. The second-order valence-corrected chi connectivity index (χ2v) is 4.85. The van der Waals surface area contributed by atoms with Crippen molar-refractivity contribution < 1.29 is 17.9 Å². The molecule has 100 valence electrons. The van der Waals surface area contributed by atoms with E-state index in [0.717, 1.165) is 18.2 Å². The van der Waals surface area contributed by atoms with E-state index < -0.39 is 11.7 Å². The second-order valence-electron chi connectivity index (χ2n) is 3.93. The smallest absolute Gasteiger partial charge is 0.298 e. The molecular weight excluding hydrogens is 321 g/mol. The zero-order valence-corrected chi connectivity index (χ0v) is 11.5. The Labute approximate surface area is 117 Å². The molecule has 0 bridgehead atoms. The van der Waals surface area contributed by atoms with Crippen molar-refractivity contribution in [2.75, 3.05) is 7.11 Å². The van der Waals surface area contributed by atoms with Crippen LogP contribution < -0.4 is 4.74 Å². The van der Waals surface area contributed by atoms with E-state index in [9.17, 15) is 13.2 Å². The van der Waals surface area contributed by atoms with Crippen molar-refractivity contribution in [1.82, 2.24) is 0 Å². The van der Waals surface area contributed by atoms with Crippen molar-refractivity contribution in [3.63, 3.8) is 0 Å². The molecule has 0 spiro atoms. The van der Waals surface area contributed by atoms with E-state index in [1.165, 1.54) is 31.4 Å². The molecule has 0 aliphatic carbocycles. The average Bonchev–Trinajstić information content (AvgIpc) is 2.39. The molecule has 0 unspecified atom stereocenters. The molecule has 0 N–H and O–H groups in total. The lowest BCUT2D eigenvalue weighted by molar-refractivity contribution is 0.0425. The van der Waals surface area contributed by atoms with Crippen molar-refractivity contribution in [1.29, 1.82) is 0 Å². The molecule has 2 aromatic carbocycles. The SMILES string of the molecule is COc1cc(C(F)(F)c2ccc(Br)cc2)ccc1F. The summed E-state index contributed by atoms with van der Waals surface area (Å²) < 4.78 is 47.2. The molecule has 0 aromatic heterocycles. The predicted octanol–water partition coefficient (Wildman–Crippen LogP) is 4.74. The average molecular weight is 331 g/mol. The summed E-state index contributed by atoms with van der Waals surface area (Å²) in [5.41, 5.74) is -0.475. The molecule has 0 atom stereocenters. The largest absolute Gasteiger partial charge is 0.494 e. The highest BCUT2D eigenvalue weighted by Crippen LogP contribution is 2.37. The maximum Gasteiger partial charge on any atom is 0.298 e. The Bertz CT molecular complexity index is 582. The van der Waals surface area contributed by atoms with Gasteiger partial charge in [-0.3, -0.25) is 0 Å². The third-order valence-electron chi connectivity index (χ3n) is 2.72. The van der Waals surface area contributed by atoms with E-state index in [1.54, 1.807) is 0 Å². The van der Waals surface area contributed by atoms with Crippen LogP contribution in [0.1, 0.15) is 11.1 Å². The number of benzene rings is 2. The fraction of sp³-hybridized carbons (Fsp3) is 0.143. The molecule has 0 heterocycles. The summed E-state index contributed by atoms with van der Waals surface area (Å²) in [4.78, 5) is 0. The summed E-state index contributed by atoms with van der Waals surface area (Å²) in [5, 5.41) is 0. The Kier molecular flexibility index (Phi) is 3.85. The Morgan fingerprint density at radius 1 is 1.00 bits per heavy atom. The van der Waals surface area contributed by atoms with Crippen LogP contribution in [0.3, 0.4) is 0 Å². The molecular formula is C14H10BrF3O. The van der Waals surface area contributed by atoms with Gasteiger partial charge in [-0.1, -0.05) is 28.1 Å². The number of alkyl halides is 2. The molecule has 2 rings (SSSR count). The van der Waals surface area contributed by atoms with Gasteiger partial charge in [-0.05, 0) is 30.3 Å². The van der Waals surface area contributed by atoms with Crippen LogP contribution in [0.15, 0.2) is 46.9 Å². The van der Waals surface area contributed by atoms with E-state index in [0.29, 0.717) is 4.47 Å². The van der Waals surface area contributed by atoms with E-state index in [-0.39, 0.29) is 16.9 Å². The third kappa shape index (κ3) is 2.76. The molecule has 19 heavy (non-hydrogen) atoms. The van der Waals surface area contributed by atoms with Crippen LogP contribution in [-0.2, 0) is 5.92 Å². The standard InChI is InChI=1S/C14H10BrF3O/c1-19-13-8-10(4-7-12(13)16)14(17,18)9-2-5-11(15)6-3-9/h2-8H,1H3. The lowest BCUT2D eigenvalue weighted by Gasteiger charge is -2.18. The van der Waals surface area contributed by atoms with Gasteiger partial charge in [-0.15, -0.1) is 0 Å². The van der Waals surface area contributed by atoms with Crippen molar-refractivity contribution in [2.24, 2.45) is 0 Å². The first-order valence-corrected chi connectivity index (χ1v) is 6.22. The highest BCUT2D eigenvalue weighted by atomic mass is 79.9. The van der Waals surface area contributed by atoms with Crippen molar-refractivity contribution in [3.8, 4) is 5.75 Å². The van der Waals surface area contributed by atoms with Crippen molar-refractivity contribution in [3.05, 3.63) is 63.9 Å². The molecule has 0 amide bonds. The predicted molar refractivity (Wildman–Crippen MR) is 70.1 cm³/mol. The molecule has 0 fully saturated rings. The van der Waals surface area contributed by atoms with Crippen molar-refractivity contribution >= 4 is 15.9 Å². The lowest BCUT2D eigenvalue weighted by Crippen LogP contribution is -2.15. The van der Waals surface area contributed by atoms with Gasteiger partial charge in [0.1, 0.15) is 0 Å². The van der Waals surface area contributed by atoms with Gasteiger partial charge in [-0.2, -0.15) is 8.78 Å². The molecule has 0 saturated heterocycles. The number of hydrogen-bond donors (Lipinski definition) is 0. The Morgan fingerprint density at radius 2 is 1.58 bits per heavy atom. The highest BCUT2D eigenvalue weighted by molar-refractivity contribution is 9.10. The van der Waals surface area contributed by atoms with E-state index in [2.05, 4.69) is 15.9 Å². The van der Waals surface area contributed by atoms with Gasteiger partial charge >= 0.3 is 0 Å². The first kappa shape index (κ1) is 13.9. The van der Waals surface area contributed by atoms with Gasteiger partial charge in [0, 0.05) is 15.6 Å². The summed E-state index contributed by atoms with van der Waals surface area (Å²) in [6.07, 6.45) is 0. The van der Waals surface area contributed by atoms with E-state index in [4.69, 9.17) is 4.74 Å². The maximum absolute atomic E-state index is 14.3. The Balaban J connectivity index is 2.46. The minimum Gasteiger partial charge on any atom is -0.494 e. The summed E-state index contributed by atoms with van der Waals surface area (Å²) in [6, 6.07) is 8.74. The van der Waals surface area contributed by atoms with E-state index >= 15 is 0 Å². The van der Waals surface area contributed by atoms with Crippen LogP contribution in [-0.4, -0.2) is 7.11 Å². The molecule has 0 aliphatic heterocycles. The second kappa shape index (κ2) is 5.25. The Hall–Kier alpha value is -1.49. The first-order valence-electron chi connectivity index (χ1n) is 5.43. The normalized spacial score (nSPS) is 11.4. The maximum atomic E-state index is 14.3. The van der Waals surface area contributed by atoms with E-state index in [1.807, 2.05) is 0 Å². The minimum absolute atomic E-state index is 0.163. The number of ether oxygens (including phenoxy) is 1. The molecule has 0 radical (unpaired) electrons. The summed E-state index contributed by atoms with van der Waals surface area (Å²) in [5.74, 6) is -4.08. The highest BCUT2D eigenvalue weighted by Gasteiger charge is 2.34. The summed E-state index contributed by atoms with van der Waals surface area (Å²) >= 11 is 3.19. The first-order chi connectivity index (χ1) is 8.95. The molecule has 2 aromatic rings. The van der Waals surface area contributed by atoms with Gasteiger partial charge in [0.05, 0.1) is 7.11 Å². The van der Waals surface area contributed by atoms with Gasteiger partial charge in [-0.25, -0.2) is 4.39 Å². The number of hydrogen-bond acceptors (Lipinski definition) is 1. The topological polar surface area (TPSA) is 9.23 Å². The van der Waals surface area contributed by atoms with Gasteiger partial charge in [0.2, 0.25) is 0 Å². The molecule has 1 nitrogen and oxygen atoms in total. The zero-order chi connectivity index (χ0) is 14.0. The van der Waals surface area contributed by atoms with Gasteiger partial charge < -0.3 is 4.74 Å². The molecule has 0 saturated carbocycles. The van der Waals surface area contributed by atoms with Crippen LogP contribution in [0, 0.1) is 5.82 Å². The quantitative estimate of drug-likeness (QED) is 0.790. The minimum atomic E-state index is -3.21. The molecule has 5 heteroatoms. The summed E-state index contributed by atoms with van der Waals surface area (Å²) in [6.45, 7) is 0. The number of methoxy groups -OCH3 is 1. The fourth-order valence-electron chi connectivity index (χ4n) is 1.68. The molecule has 0 aliphatic rings. The Morgan fingerprint density at radius 3 is 2.16 bits per heavy atom. The number of halogens is 4. The monoisotopic (exact) mass is 330 g/mol.